The van der Waals surface area contributed by atoms with Gasteiger partial charge in [0, 0.05) is 36.6 Å². The molecule has 8 nitrogen and oxygen atoms in total. The van der Waals surface area contributed by atoms with Crippen LogP contribution in [-0.2, 0) is 0 Å². The normalized spacial score (nSPS) is 21.4. The second kappa shape index (κ2) is 12.0. The molecule has 1 heterocycles. The van der Waals surface area contributed by atoms with Crippen molar-refractivity contribution in [1.29, 1.82) is 5.26 Å². The molecule has 1 fully saturated rings. The smallest absolute Gasteiger partial charge is 0.291 e. The lowest BCUT2D eigenvalue weighted by atomic mass is 9.76. The van der Waals surface area contributed by atoms with Gasteiger partial charge in [0.2, 0.25) is 0 Å². The second-order valence-corrected chi connectivity index (χ2v) is 11.1. The van der Waals surface area contributed by atoms with Crippen LogP contribution in [0.2, 0.25) is 0 Å². The third kappa shape index (κ3) is 6.67. The summed E-state index contributed by atoms with van der Waals surface area (Å²) >= 11 is 0. The van der Waals surface area contributed by atoms with Crippen LogP contribution in [0.5, 0.6) is 0 Å². The van der Waals surface area contributed by atoms with Crippen LogP contribution >= 0.6 is 0 Å². The molecule has 0 bridgehead atoms. The van der Waals surface area contributed by atoms with Gasteiger partial charge in [-0.2, -0.15) is 5.26 Å². The molecular weight excluding hydrogens is 466 g/mol. The molecule has 2 aliphatic rings. The Morgan fingerprint density at radius 3 is 2.54 bits per heavy atom. The van der Waals surface area contributed by atoms with E-state index in [2.05, 4.69) is 52.2 Å². The van der Waals surface area contributed by atoms with E-state index in [1.807, 2.05) is 12.1 Å². The molecule has 1 amide bonds. The molecule has 0 spiro atoms. The fourth-order valence-corrected chi connectivity index (χ4v) is 5.70. The van der Waals surface area contributed by atoms with Gasteiger partial charge in [0.15, 0.2) is 11.5 Å². The first-order valence-electron chi connectivity index (χ1n) is 13.4. The van der Waals surface area contributed by atoms with Gasteiger partial charge in [-0.1, -0.05) is 26.0 Å². The molecule has 0 atom stereocenters. The zero-order chi connectivity index (χ0) is 26.4. The number of hydrogen-bond donors (Lipinski definition) is 4. The average Bonchev–Trinajstić information content (AvgIpc) is 3.39. The van der Waals surface area contributed by atoms with Crippen molar-refractivity contribution >= 4 is 17.2 Å². The van der Waals surface area contributed by atoms with Crippen LogP contribution in [0, 0.1) is 16.7 Å². The molecule has 0 radical (unpaired) electrons. The van der Waals surface area contributed by atoms with E-state index < -0.39 is 0 Å². The van der Waals surface area contributed by atoms with E-state index in [0.717, 1.165) is 56.2 Å². The monoisotopic (exact) mass is 505 g/mol. The predicted molar refractivity (Wildman–Crippen MR) is 144 cm³/mol. The van der Waals surface area contributed by atoms with Gasteiger partial charge in [0.25, 0.3) is 5.91 Å². The van der Waals surface area contributed by atoms with E-state index in [4.69, 9.17) is 5.26 Å². The summed E-state index contributed by atoms with van der Waals surface area (Å²) < 4.78 is 0. The van der Waals surface area contributed by atoms with Crippen LogP contribution in [0.25, 0.3) is 5.57 Å². The molecule has 0 saturated heterocycles. The first-order chi connectivity index (χ1) is 17.8. The number of aliphatic hydroxyl groups is 2. The second-order valence-electron chi connectivity index (χ2n) is 11.1. The number of hydrogen-bond acceptors (Lipinski definition) is 6. The third-order valence-corrected chi connectivity index (χ3v) is 7.98. The van der Waals surface area contributed by atoms with Crippen LogP contribution in [-0.4, -0.2) is 63.3 Å². The van der Waals surface area contributed by atoms with Crippen molar-refractivity contribution in [2.24, 2.45) is 5.41 Å². The number of anilines is 1. The number of carbonyl (C=O) groups is 1. The summed E-state index contributed by atoms with van der Waals surface area (Å²) in [6, 6.07) is 8.73. The van der Waals surface area contributed by atoms with Crippen LogP contribution in [0.1, 0.15) is 92.2 Å². The van der Waals surface area contributed by atoms with E-state index in [-0.39, 0.29) is 36.1 Å². The van der Waals surface area contributed by atoms with Gasteiger partial charge in [-0.3, -0.25) is 9.69 Å². The van der Waals surface area contributed by atoms with Crippen molar-refractivity contribution in [3.8, 4) is 6.07 Å². The van der Waals surface area contributed by atoms with Gasteiger partial charge in [0.05, 0.1) is 13.2 Å². The van der Waals surface area contributed by atoms with E-state index in [9.17, 15) is 15.0 Å². The van der Waals surface area contributed by atoms with Crippen molar-refractivity contribution in [2.75, 3.05) is 31.6 Å². The summed E-state index contributed by atoms with van der Waals surface area (Å²) in [6.45, 7) is 6.00. The Morgan fingerprint density at radius 1 is 1.22 bits per heavy atom. The molecule has 1 saturated carbocycles. The topological polar surface area (TPSA) is 125 Å². The molecule has 2 aliphatic carbocycles. The molecule has 0 aliphatic heterocycles. The molecule has 1 aromatic heterocycles. The SMILES string of the molecule is CC1(C)CC=C(c2cc(C3CCC(N(CCO)CCO)CC3)ccc2NC(=O)c2nc(C#N)c[nH]2)CC1. The quantitative estimate of drug-likeness (QED) is 0.399. The van der Waals surface area contributed by atoms with E-state index in [1.54, 1.807) is 0 Å². The number of imidazole rings is 1. The minimum absolute atomic E-state index is 0.109. The maximum atomic E-state index is 12.9. The van der Waals surface area contributed by atoms with Crippen LogP contribution in [0.15, 0.2) is 30.5 Å². The minimum atomic E-state index is -0.361. The fourth-order valence-electron chi connectivity index (χ4n) is 5.70. The highest BCUT2D eigenvalue weighted by Gasteiger charge is 2.28. The summed E-state index contributed by atoms with van der Waals surface area (Å²) in [4.78, 5) is 21.9. The Balaban J connectivity index is 1.55. The Kier molecular flexibility index (Phi) is 8.80. The average molecular weight is 506 g/mol. The highest BCUT2D eigenvalue weighted by molar-refractivity contribution is 6.03. The van der Waals surface area contributed by atoms with Crippen molar-refractivity contribution in [3.05, 3.63) is 53.1 Å². The maximum absolute atomic E-state index is 12.9. The molecule has 8 heteroatoms. The summed E-state index contributed by atoms with van der Waals surface area (Å²) in [7, 11) is 0. The maximum Gasteiger partial charge on any atom is 0.291 e. The lowest BCUT2D eigenvalue weighted by Crippen LogP contribution is -2.41. The highest BCUT2D eigenvalue weighted by atomic mass is 16.3. The number of amides is 1. The number of rotatable bonds is 9. The zero-order valence-electron chi connectivity index (χ0n) is 22.0. The van der Waals surface area contributed by atoms with Gasteiger partial charge in [-0.15, -0.1) is 0 Å². The molecule has 0 unspecified atom stereocenters. The lowest BCUT2D eigenvalue weighted by molar-refractivity contribution is 0.0975. The number of nitrogens with one attached hydrogen (secondary N) is 2. The highest BCUT2D eigenvalue weighted by Crippen LogP contribution is 2.42. The molecule has 37 heavy (non-hydrogen) atoms. The van der Waals surface area contributed by atoms with Crippen LogP contribution in [0.3, 0.4) is 0 Å². The number of H-pyrrole nitrogens is 1. The lowest BCUT2D eigenvalue weighted by Gasteiger charge is -2.37. The summed E-state index contributed by atoms with van der Waals surface area (Å²) in [5.74, 6) is 0.202. The molecule has 2 aromatic rings. The number of aromatic nitrogens is 2. The van der Waals surface area contributed by atoms with E-state index in [1.165, 1.54) is 17.3 Å². The minimum Gasteiger partial charge on any atom is -0.395 e. The van der Waals surface area contributed by atoms with Crippen molar-refractivity contribution < 1.29 is 15.0 Å². The van der Waals surface area contributed by atoms with Crippen molar-refractivity contribution in [1.82, 2.24) is 14.9 Å². The number of aliphatic hydroxyl groups excluding tert-OH is 2. The third-order valence-electron chi connectivity index (χ3n) is 7.98. The van der Waals surface area contributed by atoms with Crippen molar-refractivity contribution in [3.63, 3.8) is 0 Å². The Hall–Kier alpha value is -2.99. The van der Waals surface area contributed by atoms with Crippen LogP contribution in [0.4, 0.5) is 5.69 Å². The van der Waals surface area contributed by atoms with Gasteiger partial charge in [0.1, 0.15) is 6.07 Å². The largest absolute Gasteiger partial charge is 0.395 e. The fraction of sp³-hybridized carbons (Fsp3) is 0.552. The van der Waals surface area contributed by atoms with Crippen LogP contribution < -0.4 is 5.32 Å². The number of aromatic amines is 1. The molecule has 4 rings (SSSR count). The predicted octanol–water partition coefficient (Wildman–Crippen LogP) is 4.44. The van der Waals surface area contributed by atoms with E-state index >= 15 is 0 Å². The number of allylic oxidation sites excluding steroid dienone is 2. The summed E-state index contributed by atoms with van der Waals surface area (Å²) in [6.07, 6.45) is 11.0. The summed E-state index contributed by atoms with van der Waals surface area (Å²) in [5, 5.41) is 30.9. The number of benzene rings is 1. The number of carbonyl (C=O) groups excluding carboxylic acids is 1. The summed E-state index contributed by atoms with van der Waals surface area (Å²) in [5.41, 5.74) is 4.85. The molecule has 4 N–H and O–H groups in total. The van der Waals surface area contributed by atoms with Gasteiger partial charge in [-0.05, 0) is 79.5 Å². The Morgan fingerprint density at radius 2 is 1.95 bits per heavy atom. The standard InChI is InChI=1S/C29H39N5O3/c1-29(2)11-9-21(10-12-29)25-17-22(20-3-6-24(7-4-20)34(13-15-35)14-16-36)5-8-26(25)33-28(37)27-31-19-23(18-30)32-27/h5,8-9,17,19-20,24,35-36H,3-4,6-7,10-16H2,1-2H3,(H,31,32)(H,33,37). The van der Waals surface area contributed by atoms with Gasteiger partial charge < -0.3 is 20.5 Å². The van der Waals surface area contributed by atoms with Gasteiger partial charge in [-0.25, -0.2) is 4.98 Å². The van der Waals surface area contributed by atoms with Gasteiger partial charge >= 0.3 is 0 Å². The Labute approximate surface area is 219 Å². The Bertz CT molecular complexity index is 1150. The zero-order valence-corrected chi connectivity index (χ0v) is 22.0. The number of nitrogens with zero attached hydrogens (tertiary/aromatic N) is 3. The number of nitriles is 1. The van der Waals surface area contributed by atoms with Crippen molar-refractivity contribution in [2.45, 2.75) is 70.8 Å². The molecular formula is C29H39N5O3. The van der Waals surface area contributed by atoms with E-state index in [0.29, 0.717) is 25.0 Å². The molecule has 198 valence electrons. The first kappa shape index (κ1) is 27.1. The molecule has 1 aromatic carbocycles. The first-order valence-corrected chi connectivity index (χ1v) is 13.4.